The van der Waals surface area contributed by atoms with Gasteiger partial charge < -0.3 is 18.9 Å². The molecule has 2 aliphatic heterocycles. The third-order valence-electron chi connectivity index (χ3n) is 10.6. The molecule has 1 fully saturated rings. The Kier molecular flexibility index (Phi) is 10.3. The summed E-state index contributed by atoms with van der Waals surface area (Å²) < 4.78 is 25.2. The number of hydrogen-bond donors (Lipinski definition) is 1. The molecular formula is C41H43FN6O5Si. The summed E-state index contributed by atoms with van der Waals surface area (Å²) in [5.41, 5.74) is 3.06. The number of nitrogens with zero attached hydrogens (tertiary/aromatic N) is 6. The second-order valence-corrected chi connectivity index (χ2v) is 18.2. The molecule has 4 aromatic carbocycles. The number of ether oxygens (including phenoxy) is 1. The van der Waals surface area contributed by atoms with Gasteiger partial charge in [-0.2, -0.15) is 0 Å². The summed E-state index contributed by atoms with van der Waals surface area (Å²) in [7, 11) is -3.47. The Hall–Kier alpha value is -5.50. The summed E-state index contributed by atoms with van der Waals surface area (Å²) in [5, 5.41) is 17.7. The highest BCUT2D eigenvalue weighted by atomic mass is 28.4. The van der Waals surface area contributed by atoms with E-state index in [1.165, 1.54) is 4.90 Å². The number of rotatable bonds is 14. The summed E-state index contributed by atoms with van der Waals surface area (Å²) >= 11 is 0. The zero-order valence-corrected chi connectivity index (χ0v) is 31.5. The molecule has 2 aliphatic rings. The van der Waals surface area contributed by atoms with E-state index < -0.39 is 31.6 Å². The van der Waals surface area contributed by atoms with Crippen molar-refractivity contribution in [3.63, 3.8) is 0 Å². The SMILES string of the molecule is C[C@@H]1[C@@H]([Si](C)(C)F)[C@H](CCn2cc(CCO)nn2)O[C@@]12C(=O)N(Cc1cccc(N(C=O)c3ccccc3)c1)c1ccc(N(C=O)c3ccccc3)cc12. The summed E-state index contributed by atoms with van der Waals surface area (Å²) in [6.07, 6.45) is 3.40. The number of aryl methyl sites for hydroxylation is 1. The largest absolute Gasteiger partial charge is 0.396 e. The van der Waals surface area contributed by atoms with Crippen LogP contribution in [0.15, 0.2) is 109 Å². The molecule has 4 atom stereocenters. The second-order valence-electron chi connectivity index (χ2n) is 14.4. The average Bonchev–Trinajstić information content (AvgIpc) is 3.82. The van der Waals surface area contributed by atoms with E-state index in [1.54, 1.807) is 39.8 Å². The molecule has 1 saturated heterocycles. The summed E-state index contributed by atoms with van der Waals surface area (Å²) in [5.74, 6) is -0.866. The second kappa shape index (κ2) is 15.1. The van der Waals surface area contributed by atoms with Gasteiger partial charge in [-0.15, -0.1) is 5.10 Å². The van der Waals surface area contributed by atoms with Gasteiger partial charge >= 0.3 is 0 Å². The Morgan fingerprint density at radius 3 is 2.13 bits per heavy atom. The molecule has 0 bridgehead atoms. The molecule has 0 aliphatic carbocycles. The zero-order valence-electron chi connectivity index (χ0n) is 30.5. The predicted molar refractivity (Wildman–Crippen MR) is 207 cm³/mol. The third kappa shape index (κ3) is 6.74. The van der Waals surface area contributed by atoms with Gasteiger partial charge in [-0.3, -0.25) is 28.9 Å². The van der Waals surface area contributed by atoms with Crippen molar-refractivity contribution in [1.82, 2.24) is 15.0 Å². The van der Waals surface area contributed by atoms with Crippen LogP contribution in [0, 0.1) is 5.92 Å². The van der Waals surface area contributed by atoms with Gasteiger partial charge in [0, 0.05) is 65.5 Å². The van der Waals surface area contributed by atoms with Crippen molar-refractivity contribution in [2.45, 2.75) is 63.2 Å². The lowest BCUT2D eigenvalue weighted by atomic mass is 9.82. The van der Waals surface area contributed by atoms with Crippen molar-refractivity contribution < 1.29 is 28.3 Å². The van der Waals surface area contributed by atoms with Gasteiger partial charge in [0.15, 0.2) is 5.60 Å². The number of hydrogen-bond acceptors (Lipinski definition) is 7. The van der Waals surface area contributed by atoms with E-state index in [-0.39, 0.29) is 19.1 Å². The quantitative estimate of drug-likeness (QED) is 0.0753. The van der Waals surface area contributed by atoms with E-state index in [0.717, 1.165) is 18.4 Å². The van der Waals surface area contributed by atoms with Gasteiger partial charge in [-0.05, 0) is 79.7 Å². The first-order valence-corrected chi connectivity index (χ1v) is 21.1. The maximum atomic E-state index is 16.6. The third-order valence-corrected chi connectivity index (χ3v) is 13.1. The van der Waals surface area contributed by atoms with Gasteiger partial charge in [0.05, 0.1) is 24.0 Å². The van der Waals surface area contributed by atoms with E-state index in [2.05, 4.69) is 10.3 Å². The number of aromatic nitrogens is 3. The van der Waals surface area contributed by atoms with Crippen LogP contribution in [0.2, 0.25) is 18.6 Å². The summed E-state index contributed by atoms with van der Waals surface area (Å²) in [6, 6.07) is 31.4. The molecule has 0 unspecified atom stereocenters. The van der Waals surface area contributed by atoms with Crippen LogP contribution in [0.1, 0.15) is 30.2 Å². The van der Waals surface area contributed by atoms with E-state index in [0.29, 0.717) is 59.1 Å². The first kappa shape index (κ1) is 36.8. The number of carbonyl (C=O) groups excluding carboxylic acids is 3. The molecule has 278 valence electrons. The number of amides is 3. The zero-order chi connectivity index (χ0) is 38.0. The molecular weight excluding hydrogens is 704 g/mol. The van der Waals surface area contributed by atoms with Gasteiger partial charge in [-0.1, -0.05) is 60.7 Å². The Labute approximate surface area is 314 Å². The predicted octanol–water partition coefficient (Wildman–Crippen LogP) is 6.81. The van der Waals surface area contributed by atoms with Crippen LogP contribution >= 0.6 is 0 Å². The van der Waals surface area contributed by atoms with Crippen LogP contribution in [0.25, 0.3) is 0 Å². The van der Waals surface area contributed by atoms with Crippen LogP contribution < -0.4 is 14.7 Å². The average molecular weight is 747 g/mol. The fourth-order valence-corrected chi connectivity index (χ4v) is 10.8. The molecule has 13 heteroatoms. The van der Waals surface area contributed by atoms with Crippen molar-refractivity contribution in [2.24, 2.45) is 5.92 Å². The lowest BCUT2D eigenvalue weighted by Crippen LogP contribution is -2.45. The molecule has 1 N–H and O–H groups in total. The first-order valence-electron chi connectivity index (χ1n) is 18.1. The van der Waals surface area contributed by atoms with Crippen LogP contribution in [0.5, 0.6) is 0 Å². The molecule has 5 aromatic rings. The molecule has 7 rings (SSSR count). The Balaban J connectivity index is 1.29. The number of anilines is 5. The van der Waals surface area contributed by atoms with E-state index in [9.17, 15) is 14.7 Å². The highest BCUT2D eigenvalue weighted by Crippen LogP contribution is 2.61. The van der Waals surface area contributed by atoms with Crippen molar-refractivity contribution in [3.8, 4) is 0 Å². The molecule has 3 heterocycles. The van der Waals surface area contributed by atoms with E-state index in [1.807, 2.05) is 104 Å². The number of carbonyl (C=O) groups is 3. The maximum absolute atomic E-state index is 16.6. The Morgan fingerprint density at radius 1 is 0.889 bits per heavy atom. The molecule has 0 saturated carbocycles. The number of halogens is 1. The molecule has 1 spiro atoms. The van der Waals surface area contributed by atoms with E-state index in [4.69, 9.17) is 4.74 Å². The van der Waals surface area contributed by atoms with Gasteiger partial charge in [-0.25, -0.2) is 0 Å². The lowest BCUT2D eigenvalue weighted by molar-refractivity contribution is -0.146. The minimum Gasteiger partial charge on any atom is -0.396 e. The minimum atomic E-state index is -3.47. The number of fused-ring (bicyclic) bond motifs is 2. The van der Waals surface area contributed by atoms with Crippen molar-refractivity contribution in [1.29, 1.82) is 0 Å². The van der Waals surface area contributed by atoms with Gasteiger partial charge in [0.25, 0.3) is 5.91 Å². The normalized spacial score (nSPS) is 20.6. The number of benzene rings is 4. The summed E-state index contributed by atoms with van der Waals surface area (Å²) in [6.45, 7) is 5.72. The smallest absolute Gasteiger partial charge is 0.264 e. The molecule has 0 radical (unpaired) electrons. The van der Waals surface area contributed by atoms with Crippen LogP contribution in [-0.2, 0) is 44.2 Å². The van der Waals surface area contributed by atoms with Crippen molar-refractivity contribution in [2.75, 3.05) is 21.3 Å². The first-order chi connectivity index (χ1) is 26.1. The highest BCUT2D eigenvalue weighted by molar-refractivity contribution is 6.72. The molecule has 11 nitrogen and oxygen atoms in total. The van der Waals surface area contributed by atoms with Crippen molar-refractivity contribution in [3.05, 3.63) is 126 Å². The van der Waals surface area contributed by atoms with Gasteiger partial charge in [0.1, 0.15) is 0 Å². The fraction of sp³-hybridized carbons (Fsp3) is 0.293. The number of aliphatic hydroxyl groups excluding tert-OH is 1. The van der Waals surface area contributed by atoms with Crippen LogP contribution in [0.3, 0.4) is 0 Å². The summed E-state index contributed by atoms with van der Waals surface area (Å²) in [4.78, 5) is 44.8. The monoisotopic (exact) mass is 746 g/mol. The van der Waals surface area contributed by atoms with Crippen molar-refractivity contribution >= 4 is 55.6 Å². The van der Waals surface area contributed by atoms with Gasteiger partial charge in [0.2, 0.25) is 21.2 Å². The standard InChI is InChI=1S/C41H43FN6O5Si/c1-29-39(54(2,3)42)38(19-21-45-26-31(20-22-49)43-44-45)53-41(29)36-24-35(48(28-51)33-14-8-5-9-15-33)17-18-37(36)46(40(41)52)25-30-11-10-16-34(23-30)47(27-50)32-12-6-4-7-13-32/h4-18,23-24,26-29,38-39,49H,19-22,25H2,1-3H3/t29-,38+,39-,41+/m1/s1. The topological polar surface area (TPSA) is 121 Å². The van der Waals surface area contributed by atoms with Crippen LogP contribution in [-0.4, -0.2) is 59.9 Å². The Bertz CT molecular complexity index is 2130. The molecule has 54 heavy (non-hydrogen) atoms. The lowest BCUT2D eigenvalue weighted by Gasteiger charge is -2.31. The fourth-order valence-electron chi connectivity index (χ4n) is 8.25. The highest BCUT2D eigenvalue weighted by Gasteiger charge is 2.66. The molecule has 3 amide bonds. The minimum absolute atomic E-state index is 0.0490. The Morgan fingerprint density at radius 2 is 1.52 bits per heavy atom. The number of para-hydroxylation sites is 2. The molecule has 1 aromatic heterocycles. The van der Waals surface area contributed by atoms with E-state index >= 15 is 8.90 Å². The van der Waals surface area contributed by atoms with Crippen LogP contribution in [0.4, 0.5) is 32.5 Å². The maximum Gasteiger partial charge on any atom is 0.264 e. The number of aliphatic hydroxyl groups is 1.